The van der Waals surface area contributed by atoms with E-state index < -0.39 is 0 Å². The Morgan fingerprint density at radius 1 is 1.56 bits per heavy atom. The number of amides is 2. The van der Waals surface area contributed by atoms with Crippen LogP contribution in [0.5, 0.6) is 0 Å². The van der Waals surface area contributed by atoms with Crippen LogP contribution in [0.1, 0.15) is 12.8 Å². The number of piperidine rings is 1. The van der Waals surface area contributed by atoms with Crippen molar-refractivity contribution in [1.29, 1.82) is 0 Å². The number of urea groups is 1. The molecule has 0 aromatic carbocycles. The second kappa shape index (κ2) is 7.37. The Kier molecular flexibility index (Phi) is 5.76. The Hall–Kier alpha value is -1.98. The maximum atomic E-state index is 11.4. The second-order valence-corrected chi connectivity index (χ2v) is 3.87. The van der Waals surface area contributed by atoms with E-state index in [1.165, 1.54) is 12.4 Å². The second-order valence-electron chi connectivity index (χ2n) is 3.87. The monoisotopic (exact) mass is 252 g/mol. The Morgan fingerprint density at radius 3 is 2.72 bits per heavy atom. The van der Waals surface area contributed by atoms with Crippen molar-refractivity contribution in [3.05, 3.63) is 25.1 Å². The van der Waals surface area contributed by atoms with E-state index in [0.717, 1.165) is 12.8 Å². The molecule has 2 amide bonds. The van der Waals surface area contributed by atoms with Crippen molar-refractivity contribution in [3.63, 3.8) is 0 Å². The highest BCUT2D eigenvalue weighted by Gasteiger charge is 2.23. The van der Waals surface area contributed by atoms with Gasteiger partial charge in [-0.3, -0.25) is 0 Å². The third-order valence-electron chi connectivity index (χ3n) is 2.69. The van der Waals surface area contributed by atoms with E-state index in [2.05, 4.69) is 16.9 Å². The molecular formula is C12H20N4O2. The summed E-state index contributed by atoms with van der Waals surface area (Å²) in [5, 5.41) is 2.61. The van der Waals surface area contributed by atoms with Crippen molar-refractivity contribution in [2.24, 2.45) is 10.7 Å². The van der Waals surface area contributed by atoms with Crippen LogP contribution in [0.25, 0.3) is 0 Å². The molecule has 6 heteroatoms. The van der Waals surface area contributed by atoms with Crippen LogP contribution in [0, 0.1) is 0 Å². The summed E-state index contributed by atoms with van der Waals surface area (Å²) < 4.78 is 5.67. The number of ether oxygens (including phenoxy) is 1. The molecule has 18 heavy (non-hydrogen) atoms. The van der Waals surface area contributed by atoms with Crippen molar-refractivity contribution in [3.8, 4) is 0 Å². The molecule has 0 aliphatic carbocycles. The number of carbonyl (C=O) groups is 1. The summed E-state index contributed by atoms with van der Waals surface area (Å²) in [5.74, 6) is 0.454. The lowest BCUT2D eigenvalue weighted by Gasteiger charge is -2.31. The molecule has 0 radical (unpaired) electrons. The lowest BCUT2D eigenvalue weighted by molar-refractivity contribution is 0.104. The molecule has 1 aliphatic heterocycles. The molecule has 0 spiro atoms. The average Bonchev–Trinajstić information content (AvgIpc) is 2.43. The van der Waals surface area contributed by atoms with Crippen molar-refractivity contribution >= 4 is 11.9 Å². The average molecular weight is 252 g/mol. The Balaban J connectivity index is 2.43. The van der Waals surface area contributed by atoms with Crippen molar-refractivity contribution < 1.29 is 9.53 Å². The normalized spacial score (nSPS) is 17.8. The van der Waals surface area contributed by atoms with Crippen LogP contribution in [-0.2, 0) is 4.74 Å². The fourth-order valence-electron chi connectivity index (χ4n) is 1.75. The minimum absolute atomic E-state index is 0.0443. The van der Waals surface area contributed by atoms with E-state index in [9.17, 15) is 4.79 Å². The zero-order chi connectivity index (χ0) is 13.4. The lowest BCUT2D eigenvalue weighted by Crippen LogP contribution is -2.45. The van der Waals surface area contributed by atoms with Crippen LogP contribution in [0.4, 0.5) is 4.79 Å². The highest BCUT2D eigenvalue weighted by atomic mass is 16.5. The van der Waals surface area contributed by atoms with E-state index in [0.29, 0.717) is 19.0 Å². The third-order valence-corrected chi connectivity index (χ3v) is 2.69. The molecular weight excluding hydrogens is 232 g/mol. The number of nitrogens with two attached hydrogens (primary N) is 1. The van der Waals surface area contributed by atoms with E-state index in [1.54, 1.807) is 18.0 Å². The number of nitrogens with zero attached hydrogens (tertiary/aromatic N) is 2. The van der Waals surface area contributed by atoms with Crippen LogP contribution in [0.2, 0.25) is 0 Å². The summed E-state index contributed by atoms with van der Waals surface area (Å²) in [6.45, 7) is 4.99. The van der Waals surface area contributed by atoms with Crippen LogP contribution in [0.15, 0.2) is 30.0 Å². The van der Waals surface area contributed by atoms with E-state index >= 15 is 0 Å². The first-order chi connectivity index (χ1) is 8.71. The molecule has 1 rings (SSSR count). The number of likely N-dealkylation sites (tertiary alicyclic amines) is 1. The van der Waals surface area contributed by atoms with Crippen LogP contribution in [-0.4, -0.2) is 43.1 Å². The van der Waals surface area contributed by atoms with Crippen LogP contribution >= 0.6 is 0 Å². The summed E-state index contributed by atoms with van der Waals surface area (Å²) in [7, 11) is 1.63. The van der Waals surface area contributed by atoms with Crippen molar-refractivity contribution in [1.82, 2.24) is 10.2 Å². The number of carbonyl (C=O) groups excluding carboxylic acids is 1. The molecule has 1 aliphatic rings. The topological polar surface area (TPSA) is 80.0 Å². The lowest BCUT2D eigenvalue weighted by atomic mass is 10.1. The first kappa shape index (κ1) is 14.1. The van der Waals surface area contributed by atoms with Gasteiger partial charge in [0.05, 0.1) is 0 Å². The third kappa shape index (κ3) is 4.12. The maximum absolute atomic E-state index is 11.4. The Labute approximate surface area is 107 Å². The molecule has 0 saturated carbocycles. The molecule has 0 aromatic heterocycles. The summed E-state index contributed by atoms with van der Waals surface area (Å²) in [6.07, 6.45) is 5.97. The molecule has 0 unspecified atom stereocenters. The fraction of sp³-hybridized carbons (Fsp3) is 0.500. The van der Waals surface area contributed by atoms with Crippen molar-refractivity contribution in [2.45, 2.75) is 18.9 Å². The van der Waals surface area contributed by atoms with Gasteiger partial charge in [0, 0.05) is 45.4 Å². The molecule has 0 atom stereocenters. The van der Waals surface area contributed by atoms with Gasteiger partial charge in [0.15, 0.2) is 0 Å². The zero-order valence-corrected chi connectivity index (χ0v) is 10.6. The first-order valence-corrected chi connectivity index (χ1v) is 5.91. The van der Waals surface area contributed by atoms with E-state index in [-0.39, 0.29) is 12.1 Å². The van der Waals surface area contributed by atoms with Gasteiger partial charge in [0.1, 0.15) is 6.10 Å². The van der Waals surface area contributed by atoms with Gasteiger partial charge in [0.25, 0.3) is 0 Å². The zero-order valence-electron chi connectivity index (χ0n) is 10.6. The predicted octanol–water partition coefficient (Wildman–Crippen LogP) is 0.821. The number of nitrogens with one attached hydrogen (secondary N) is 1. The van der Waals surface area contributed by atoms with Gasteiger partial charge < -0.3 is 20.7 Å². The Bertz CT molecular complexity index is 344. The number of rotatable bonds is 3. The first-order valence-electron chi connectivity index (χ1n) is 5.91. The molecule has 1 fully saturated rings. The summed E-state index contributed by atoms with van der Waals surface area (Å²) in [4.78, 5) is 17.2. The highest BCUT2D eigenvalue weighted by molar-refractivity contribution is 5.87. The largest absolute Gasteiger partial charge is 0.474 e. The molecule has 1 heterocycles. The number of hydrogen-bond donors (Lipinski definition) is 2. The molecule has 100 valence electrons. The van der Waals surface area contributed by atoms with Gasteiger partial charge >= 0.3 is 6.03 Å². The van der Waals surface area contributed by atoms with Gasteiger partial charge in [-0.25, -0.2) is 9.79 Å². The fourth-order valence-corrected chi connectivity index (χ4v) is 1.75. The predicted molar refractivity (Wildman–Crippen MR) is 71.1 cm³/mol. The van der Waals surface area contributed by atoms with E-state index in [1.807, 2.05) is 0 Å². The molecule has 1 saturated heterocycles. The molecule has 6 nitrogen and oxygen atoms in total. The van der Waals surface area contributed by atoms with Gasteiger partial charge in [-0.1, -0.05) is 6.58 Å². The van der Waals surface area contributed by atoms with Crippen LogP contribution < -0.4 is 11.1 Å². The van der Waals surface area contributed by atoms with Gasteiger partial charge in [-0.05, 0) is 6.08 Å². The highest BCUT2D eigenvalue weighted by Crippen LogP contribution is 2.14. The minimum Gasteiger partial charge on any atom is -0.474 e. The van der Waals surface area contributed by atoms with E-state index in [4.69, 9.17) is 10.5 Å². The van der Waals surface area contributed by atoms with Gasteiger partial charge in [-0.15, -0.1) is 0 Å². The van der Waals surface area contributed by atoms with Gasteiger partial charge in [0.2, 0.25) is 5.90 Å². The standard InChI is InChI=1S/C12H20N4O2/c1-3-11(15-7-6-13)18-10-4-8-16(9-5-10)12(17)14-2/h3,6-7,10H,1,4-5,8-9,13H2,2H3,(H,14,17)/b7-6-,15-11+. The Morgan fingerprint density at radius 2 is 2.22 bits per heavy atom. The molecule has 3 N–H and O–H groups in total. The van der Waals surface area contributed by atoms with Crippen LogP contribution in [0.3, 0.4) is 0 Å². The number of aliphatic imine (C=N–C) groups is 1. The minimum atomic E-state index is -0.0443. The molecule has 0 aromatic rings. The smallest absolute Gasteiger partial charge is 0.317 e. The summed E-state index contributed by atoms with van der Waals surface area (Å²) >= 11 is 0. The summed E-state index contributed by atoms with van der Waals surface area (Å²) in [6, 6.07) is -0.0443. The summed E-state index contributed by atoms with van der Waals surface area (Å²) in [5.41, 5.74) is 5.20. The quantitative estimate of drug-likeness (QED) is 0.576. The SMILES string of the molecule is C=C/C(=N\C=C/N)OC1CCN(C(=O)NC)CC1. The molecule has 0 bridgehead atoms. The maximum Gasteiger partial charge on any atom is 0.317 e. The van der Waals surface area contributed by atoms with Crippen molar-refractivity contribution in [2.75, 3.05) is 20.1 Å². The van der Waals surface area contributed by atoms with Gasteiger partial charge in [-0.2, -0.15) is 0 Å². The number of hydrogen-bond acceptors (Lipinski definition) is 4.